The fourth-order valence-corrected chi connectivity index (χ4v) is 2.87. The van der Waals surface area contributed by atoms with Crippen LogP contribution in [0.3, 0.4) is 0 Å². The molecule has 2 aliphatic rings. The third-order valence-corrected chi connectivity index (χ3v) is 4.02. The Morgan fingerprint density at radius 2 is 2.00 bits per heavy atom. The van der Waals surface area contributed by atoms with E-state index in [0.717, 1.165) is 18.8 Å². The number of benzene rings is 1. The van der Waals surface area contributed by atoms with E-state index in [-0.39, 0.29) is 5.91 Å². The average molecular weight is 279 g/mol. The maximum Gasteiger partial charge on any atom is 0.351 e. The van der Waals surface area contributed by atoms with E-state index in [0.29, 0.717) is 22.7 Å². The molecule has 0 aromatic heterocycles. The van der Waals surface area contributed by atoms with Crippen molar-refractivity contribution in [1.82, 2.24) is 10.6 Å². The van der Waals surface area contributed by atoms with Gasteiger partial charge in [-0.05, 0) is 49.9 Å². The Balaban J connectivity index is 1.65. The van der Waals surface area contributed by atoms with E-state index < -0.39 is 0 Å². The van der Waals surface area contributed by atoms with Crippen molar-refractivity contribution < 1.29 is 9.79 Å². The summed E-state index contributed by atoms with van der Waals surface area (Å²) in [6.07, 6.45) is 4.85. The second-order valence-corrected chi connectivity index (χ2v) is 5.56. The summed E-state index contributed by atoms with van der Waals surface area (Å²) in [4.78, 5) is 15.4. The number of hydrogen-bond donors (Lipinski definition) is 3. The Kier molecular flexibility index (Phi) is 3.42. The smallest absolute Gasteiger partial charge is 0.271 e. The van der Waals surface area contributed by atoms with E-state index >= 15 is 0 Å². The Morgan fingerprint density at radius 3 is 2.74 bits per heavy atom. The molecule has 100 valence electrons. The first-order valence-corrected chi connectivity index (χ1v) is 7.07. The molecule has 1 aromatic carbocycles. The van der Waals surface area contributed by atoms with Crippen LogP contribution in [0.15, 0.2) is 24.3 Å². The number of nitrogens with one attached hydrogen (secondary N) is 3. The predicted molar refractivity (Wildman–Crippen MR) is 74.1 cm³/mol. The number of hydrogen-bond acceptors (Lipinski definition) is 2. The fourth-order valence-electron chi connectivity index (χ4n) is 2.75. The van der Waals surface area contributed by atoms with E-state index in [1.165, 1.54) is 12.8 Å². The molecule has 0 bridgehead atoms. The number of rotatable bonds is 1. The van der Waals surface area contributed by atoms with E-state index in [2.05, 4.69) is 15.6 Å². The van der Waals surface area contributed by atoms with Crippen LogP contribution < -0.4 is 15.6 Å². The normalized spacial score (nSPS) is 25.2. The first-order chi connectivity index (χ1) is 9.22. The predicted octanol–water partition coefficient (Wildman–Crippen LogP) is 0.421. The first kappa shape index (κ1) is 12.5. The minimum Gasteiger partial charge on any atom is -0.271 e. The van der Waals surface area contributed by atoms with Crippen LogP contribution in [0.5, 0.6) is 0 Å². The maximum absolute atomic E-state index is 12.1. The maximum atomic E-state index is 12.1. The third-order valence-electron chi connectivity index (χ3n) is 3.77. The molecule has 3 N–H and O–H groups in total. The van der Waals surface area contributed by atoms with Crippen molar-refractivity contribution in [3.8, 4) is 0 Å². The minimum absolute atomic E-state index is 0.120. The monoisotopic (exact) mass is 278 g/mol. The summed E-state index contributed by atoms with van der Waals surface area (Å²) in [6, 6.07) is 7.79. The SMILES string of the molecule is O=C(NC1=[NH+][C@H]2CCCC[C@H]2N1)c1ccc(Cl)cc1. The van der Waals surface area contributed by atoms with Gasteiger partial charge in [-0.15, -0.1) is 0 Å². The van der Waals surface area contributed by atoms with Crippen molar-refractivity contribution in [2.75, 3.05) is 0 Å². The highest BCUT2D eigenvalue weighted by Crippen LogP contribution is 2.17. The highest BCUT2D eigenvalue weighted by atomic mass is 35.5. The van der Waals surface area contributed by atoms with Crippen LogP contribution in [0.2, 0.25) is 5.02 Å². The van der Waals surface area contributed by atoms with Gasteiger partial charge in [0.2, 0.25) is 0 Å². The molecule has 5 heteroatoms. The Morgan fingerprint density at radius 1 is 1.26 bits per heavy atom. The van der Waals surface area contributed by atoms with Crippen molar-refractivity contribution in [1.29, 1.82) is 0 Å². The van der Waals surface area contributed by atoms with Crippen molar-refractivity contribution in [3.63, 3.8) is 0 Å². The molecule has 0 unspecified atom stereocenters. The van der Waals surface area contributed by atoms with Gasteiger partial charge in [-0.25, -0.2) is 5.32 Å². The Hall–Kier alpha value is -1.55. The van der Waals surface area contributed by atoms with Crippen LogP contribution in [-0.4, -0.2) is 24.0 Å². The van der Waals surface area contributed by atoms with Gasteiger partial charge in [-0.1, -0.05) is 11.6 Å². The highest BCUT2D eigenvalue weighted by molar-refractivity contribution is 6.30. The van der Waals surface area contributed by atoms with Crippen LogP contribution in [-0.2, 0) is 0 Å². The Labute approximate surface area is 117 Å². The number of halogens is 1. The van der Waals surface area contributed by atoms with Crippen molar-refractivity contribution in [2.45, 2.75) is 37.8 Å². The molecular weight excluding hydrogens is 262 g/mol. The zero-order valence-corrected chi connectivity index (χ0v) is 11.3. The van der Waals surface area contributed by atoms with Crippen LogP contribution in [0.25, 0.3) is 0 Å². The van der Waals surface area contributed by atoms with Crippen LogP contribution in [0, 0.1) is 0 Å². The third kappa shape index (κ3) is 2.73. The molecule has 2 atom stereocenters. The lowest BCUT2D eigenvalue weighted by Gasteiger charge is -2.19. The van der Waals surface area contributed by atoms with Gasteiger partial charge < -0.3 is 0 Å². The van der Waals surface area contributed by atoms with Gasteiger partial charge in [0.25, 0.3) is 0 Å². The summed E-state index contributed by atoms with van der Waals surface area (Å²) in [5.74, 6) is 0.613. The molecule has 0 spiro atoms. The molecule has 1 heterocycles. The molecule has 0 radical (unpaired) electrons. The van der Waals surface area contributed by atoms with Crippen molar-refractivity contribution >= 4 is 23.5 Å². The molecule has 1 saturated carbocycles. The topological polar surface area (TPSA) is 55.1 Å². The van der Waals surface area contributed by atoms with E-state index in [1.807, 2.05) is 0 Å². The van der Waals surface area contributed by atoms with Gasteiger partial charge in [-0.3, -0.25) is 15.1 Å². The lowest BCUT2D eigenvalue weighted by molar-refractivity contribution is -0.500. The summed E-state index contributed by atoms with van der Waals surface area (Å²) in [5.41, 5.74) is 0.607. The van der Waals surface area contributed by atoms with Gasteiger partial charge in [0.05, 0.1) is 5.56 Å². The fraction of sp³-hybridized carbons (Fsp3) is 0.429. The first-order valence-electron chi connectivity index (χ1n) is 6.69. The second-order valence-electron chi connectivity index (χ2n) is 5.12. The van der Waals surface area contributed by atoms with Gasteiger partial charge in [0.15, 0.2) is 0 Å². The summed E-state index contributed by atoms with van der Waals surface area (Å²) in [7, 11) is 0. The molecule has 4 nitrogen and oxygen atoms in total. The molecule has 1 fully saturated rings. The van der Waals surface area contributed by atoms with E-state index in [4.69, 9.17) is 11.6 Å². The highest BCUT2D eigenvalue weighted by Gasteiger charge is 2.36. The summed E-state index contributed by atoms with van der Waals surface area (Å²) in [6.45, 7) is 0. The van der Waals surface area contributed by atoms with Crippen LogP contribution in [0.4, 0.5) is 0 Å². The number of guanidine groups is 1. The second kappa shape index (κ2) is 5.21. The number of fused-ring (bicyclic) bond motifs is 1. The van der Waals surface area contributed by atoms with Gasteiger partial charge in [-0.2, -0.15) is 0 Å². The quantitative estimate of drug-likeness (QED) is 0.697. The molecule has 1 aliphatic carbocycles. The average Bonchev–Trinajstić information content (AvgIpc) is 2.81. The zero-order valence-electron chi connectivity index (χ0n) is 10.6. The molecule has 19 heavy (non-hydrogen) atoms. The molecule has 1 amide bonds. The zero-order chi connectivity index (χ0) is 13.2. The lowest BCUT2D eigenvalue weighted by Crippen LogP contribution is -2.80. The number of amides is 1. The minimum atomic E-state index is -0.120. The Bertz CT molecular complexity index is 512. The standard InChI is InChI=1S/C14H16ClN3O/c15-10-7-5-9(6-8-10)13(19)18-14-16-11-3-1-2-4-12(11)17-14/h5-8,11-12H,1-4H2,(H2,16,17,18,19)/p+1/t11-,12+. The van der Waals surface area contributed by atoms with E-state index in [1.54, 1.807) is 24.3 Å². The molecule has 1 aliphatic heterocycles. The van der Waals surface area contributed by atoms with E-state index in [9.17, 15) is 4.79 Å². The summed E-state index contributed by atoms with van der Waals surface area (Å²) < 4.78 is 0. The molecular formula is C14H17ClN3O+. The summed E-state index contributed by atoms with van der Waals surface area (Å²) >= 11 is 5.81. The van der Waals surface area contributed by atoms with Gasteiger partial charge in [0, 0.05) is 5.02 Å². The largest absolute Gasteiger partial charge is 0.351 e. The van der Waals surface area contributed by atoms with Gasteiger partial charge in [0.1, 0.15) is 12.1 Å². The molecule has 3 rings (SSSR count). The van der Waals surface area contributed by atoms with Gasteiger partial charge >= 0.3 is 11.9 Å². The molecule has 0 saturated heterocycles. The van der Waals surface area contributed by atoms with Crippen molar-refractivity contribution in [3.05, 3.63) is 34.9 Å². The van der Waals surface area contributed by atoms with Crippen LogP contribution >= 0.6 is 11.6 Å². The molecule has 1 aromatic rings. The summed E-state index contributed by atoms with van der Waals surface area (Å²) in [5, 5.41) is 6.87. The number of carbonyl (C=O) groups is 1. The number of carbonyl (C=O) groups excluding carboxylic acids is 1. The van der Waals surface area contributed by atoms with Crippen molar-refractivity contribution in [2.24, 2.45) is 0 Å². The lowest BCUT2D eigenvalue weighted by atomic mass is 9.92. The van der Waals surface area contributed by atoms with Crippen LogP contribution in [0.1, 0.15) is 36.0 Å².